The number of aromatic nitrogens is 3. The van der Waals surface area contributed by atoms with Gasteiger partial charge in [0.15, 0.2) is 23.1 Å². The van der Waals surface area contributed by atoms with Crippen LogP contribution in [0.15, 0.2) is 64.7 Å². The highest BCUT2D eigenvalue weighted by Crippen LogP contribution is 2.24. The number of nitrogens with one attached hydrogen (secondary N) is 1. The van der Waals surface area contributed by atoms with Crippen molar-refractivity contribution in [2.24, 2.45) is 0 Å². The van der Waals surface area contributed by atoms with Gasteiger partial charge >= 0.3 is 5.97 Å². The molecule has 8 nitrogen and oxygen atoms in total. The lowest BCUT2D eigenvalue weighted by Crippen LogP contribution is -2.28. The maximum atomic E-state index is 12.1. The van der Waals surface area contributed by atoms with Gasteiger partial charge in [-0.2, -0.15) is 0 Å². The van der Waals surface area contributed by atoms with Crippen LogP contribution in [0.25, 0.3) is 22.2 Å². The third-order valence-electron chi connectivity index (χ3n) is 4.05. The number of nitrogens with zero attached hydrogens (tertiary/aromatic N) is 3. The molecule has 1 amide bonds. The van der Waals surface area contributed by atoms with Gasteiger partial charge in [0.2, 0.25) is 0 Å². The highest BCUT2D eigenvalue weighted by Gasteiger charge is 2.16. The molecule has 0 saturated carbocycles. The highest BCUT2D eigenvalue weighted by atomic mass is 35.5. The number of rotatable bonds is 7. The van der Waals surface area contributed by atoms with Crippen molar-refractivity contribution in [2.45, 2.75) is 6.54 Å². The molecule has 0 aliphatic carbocycles. The van der Waals surface area contributed by atoms with E-state index in [2.05, 4.69) is 20.3 Å². The average Bonchev–Trinajstić information content (AvgIpc) is 3.47. The summed E-state index contributed by atoms with van der Waals surface area (Å²) in [6, 6.07) is 12.5. The zero-order chi connectivity index (χ0) is 21.6. The number of hydrogen-bond acceptors (Lipinski definition) is 8. The molecule has 0 aliphatic rings. The third kappa shape index (κ3) is 5.33. The van der Waals surface area contributed by atoms with E-state index in [1.807, 2.05) is 12.1 Å². The smallest absolute Gasteiger partial charge is 0.358 e. The van der Waals surface area contributed by atoms with Crippen LogP contribution in [0.1, 0.15) is 16.2 Å². The summed E-state index contributed by atoms with van der Waals surface area (Å²) < 4.78 is 10.7. The van der Waals surface area contributed by atoms with Gasteiger partial charge in [0, 0.05) is 28.4 Å². The van der Waals surface area contributed by atoms with Crippen LogP contribution in [0, 0.1) is 0 Å². The van der Waals surface area contributed by atoms with E-state index >= 15 is 0 Å². The van der Waals surface area contributed by atoms with Crippen molar-refractivity contribution < 1.29 is 18.7 Å². The molecule has 31 heavy (non-hydrogen) atoms. The van der Waals surface area contributed by atoms with Gasteiger partial charge in [-0.25, -0.2) is 19.7 Å². The number of amides is 1. The molecule has 1 N–H and O–H groups in total. The van der Waals surface area contributed by atoms with Crippen LogP contribution in [-0.2, 0) is 16.1 Å². The molecule has 0 radical (unpaired) electrons. The number of ether oxygens (including phenoxy) is 1. The summed E-state index contributed by atoms with van der Waals surface area (Å²) in [6.07, 6.45) is 3.17. The van der Waals surface area contributed by atoms with Crippen molar-refractivity contribution in [3.05, 3.63) is 76.7 Å². The van der Waals surface area contributed by atoms with E-state index in [1.165, 1.54) is 16.7 Å². The van der Waals surface area contributed by atoms with E-state index in [9.17, 15) is 9.59 Å². The fourth-order valence-electron chi connectivity index (χ4n) is 2.56. The number of halogens is 1. The molecule has 0 unspecified atom stereocenters. The molecular formula is C21H15ClN4O4S. The molecule has 3 heterocycles. The second kappa shape index (κ2) is 9.50. The van der Waals surface area contributed by atoms with Crippen molar-refractivity contribution in [2.75, 3.05) is 6.61 Å². The second-order valence-corrected chi connectivity index (χ2v) is 7.53. The molecule has 0 saturated heterocycles. The monoisotopic (exact) mass is 454 g/mol. The van der Waals surface area contributed by atoms with E-state index in [-0.39, 0.29) is 12.2 Å². The minimum Gasteiger partial charge on any atom is -0.459 e. The quantitative estimate of drug-likeness (QED) is 0.421. The number of benzene rings is 1. The zero-order valence-corrected chi connectivity index (χ0v) is 17.5. The first-order valence-electron chi connectivity index (χ1n) is 9.10. The second-order valence-electron chi connectivity index (χ2n) is 6.24. The molecule has 3 aromatic heterocycles. The van der Waals surface area contributed by atoms with Gasteiger partial charge in [-0.1, -0.05) is 11.6 Å². The molecule has 0 bridgehead atoms. The Morgan fingerprint density at radius 1 is 1.10 bits per heavy atom. The van der Waals surface area contributed by atoms with Crippen LogP contribution in [-0.4, -0.2) is 33.4 Å². The lowest BCUT2D eigenvalue weighted by Gasteiger charge is -2.04. The molecule has 10 heteroatoms. The first-order chi connectivity index (χ1) is 15.1. The molecule has 156 valence electrons. The van der Waals surface area contributed by atoms with E-state index < -0.39 is 18.5 Å². The zero-order valence-electron chi connectivity index (χ0n) is 15.9. The average molecular weight is 455 g/mol. The van der Waals surface area contributed by atoms with Crippen LogP contribution >= 0.6 is 22.9 Å². The maximum Gasteiger partial charge on any atom is 0.358 e. The summed E-state index contributed by atoms with van der Waals surface area (Å²) in [7, 11) is 0. The Hall–Kier alpha value is -3.56. The number of hydrogen-bond donors (Lipinski definition) is 1. The number of furan rings is 1. The predicted molar refractivity (Wildman–Crippen MR) is 114 cm³/mol. The van der Waals surface area contributed by atoms with E-state index in [4.69, 9.17) is 20.8 Å². The first-order valence-corrected chi connectivity index (χ1v) is 10.4. The SMILES string of the molecule is O=C(COC(=O)c1csc(-c2ncccn2)n1)NCc1ccc(-c2ccc(Cl)cc2)o1. The molecule has 4 aromatic rings. The molecular weight excluding hydrogens is 440 g/mol. The van der Waals surface area contributed by atoms with Gasteiger partial charge in [-0.05, 0) is 42.5 Å². The van der Waals surface area contributed by atoms with E-state index in [0.29, 0.717) is 27.4 Å². The third-order valence-corrected chi connectivity index (χ3v) is 5.15. The molecule has 0 spiro atoms. The Kier molecular flexibility index (Phi) is 6.34. The van der Waals surface area contributed by atoms with Crippen LogP contribution in [0.2, 0.25) is 5.02 Å². The first kappa shape index (κ1) is 20.7. The summed E-state index contributed by atoms with van der Waals surface area (Å²) in [5.41, 5.74) is 0.971. The normalized spacial score (nSPS) is 10.6. The Bertz CT molecular complexity index is 1190. The minimum absolute atomic E-state index is 0.0962. The number of carbonyl (C=O) groups excluding carboxylic acids is 2. The lowest BCUT2D eigenvalue weighted by atomic mass is 10.2. The van der Waals surface area contributed by atoms with Crippen molar-refractivity contribution in [3.63, 3.8) is 0 Å². The van der Waals surface area contributed by atoms with Gasteiger partial charge in [0.1, 0.15) is 11.5 Å². The van der Waals surface area contributed by atoms with Gasteiger partial charge < -0.3 is 14.5 Å². The molecule has 1 aromatic carbocycles. The fraction of sp³-hybridized carbons (Fsp3) is 0.0952. The number of carbonyl (C=O) groups is 2. The van der Waals surface area contributed by atoms with E-state index in [1.54, 1.807) is 42.7 Å². The Morgan fingerprint density at radius 2 is 1.87 bits per heavy atom. The minimum atomic E-state index is -0.698. The van der Waals surface area contributed by atoms with Crippen LogP contribution < -0.4 is 5.32 Å². The van der Waals surface area contributed by atoms with Gasteiger partial charge in [-0.15, -0.1) is 11.3 Å². The lowest BCUT2D eigenvalue weighted by molar-refractivity contribution is -0.124. The Labute approximate surface area is 185 Å². The molecule has 0 aliphatic heterocycles. The topological polar surface area (TPSA) is 107 Å². The summed E-state index contributed by atoms with van der Waals surface area (Å²) in [6.45, 7) is -0.269. The summed E-state index contributed by atoms with van der Waals surface area (Å²) in [4.78, 5) is 36.4. The van der Waals surface area contributed by atoms with Crippen LogP contribution in [0.3, 0.4) is 0 Å². The standard InChI is InChI=1S/C21H15ClN4O4S/c22-14-4-2-13(3-5-14)17-7-6-15(30-17)10-25-18(27)11-29-21(28)16-12-31-20(26-16)19-23-8-1-9-24-19/h1-9,12H,10-11H2,(H,25,27). The van der Waals surface area contributed by atoms with Crippen LogP contribution in [0.5, 0.6) is 0 Å². The van der Waals surface area contributed by atoms with Gasteiger partial charge in [0.05, 0.1) is 6.54 Å². The van der Waals surface area contributed by atoms with Gasteiger partial charge in [0.25, 0.3) is 5.91 Å². The summed E-state index contributed by atoms with van der Waals surface area (Å²) in [5, 5.41) is 5.31. The molecule has 0 atom stereocenters. The van der Waals surface area contributed by atoms with Crippen molar-refractivity contribution >= 4 is 34.8 Å². The highest BCUT2D eigenvalue weighted by molar-refractivity contribution is 7.13. The number of thiazole rings is 1. The summed E-state index contributed by atoms with van der Waals surface area (Å²) >= 11 is 7.10. The largest absolute Gasteiger partial charge is 0.459 e. The van der Waals surface area contributed by atoms with Gasteiger partial charge in [-0.3, -0.25) is 4.79 Å². The summed E-state index contributed by atoms with van der Waals surface area (Å²) in [5.74, 6) is 0.489. The van der Waals surface area contributed by atoms with E-state index in [0.717, 1.165) is 5.56 Å². The Balaban J connectivity index is 1.26. The van der Waals surface area contributed by atoms with Crippen LogP contribution in [0.4, 0.5) is 0 Å². The number of esters is 1. The predicted octanol–water partition coefficient (Wildman–Crippen LogP) is 3.99. The van der Waals surface area contributed by atoms with Crippen molar-refractivity contribution in [1.29, 1.82) is 0 Å². The molecule has 4 rings (SSSR count). The molecule has 0 fully saturated rings. The van der Waals surface area contributed by atoms with Crippen molar-refractivity contribution in [3.8, 4) is 22.2 Å². The fourth-order valence-corrected chi connectivity index (χ4v) is 3.42. The Morgan fingerprint density at radius 3 is 2.65 bits per heavy atom. The van der Waals surface area contributed by atoms with Crippen molar-refractivity contribution in [1.82, 2.24) is 20.3 Å². The maximum absolute atomic E-state index is 12.1.